The van der Waals surface area contributed by atoms with Crippen molar-refractivity contribution in [3.8, 4) is 0 Å². The van der Waals surface area contributed by atoms with Crippen LogP contribution >= 0.6 is 22.6 Å². The maximum absolute atomic E-state index is 12.4. The van der Waals surface area contributed by atoms with E-state index in [0.29, 0.717) is 12.0 Å². The Bertz CT molecular complexity index is 730. The second kappa shape index (κ2) is 6.48. The Morgan fingerprint density at radius 3 is 2.68 bits per heavy atom. The first-order valence-corrected chi connectivity index (χ1v) is 8.19. The molecule has 112 valence electrons. The van der Waals surface area contributed by atoms with Crippen molar-refractivity contribution in [2.24, 2.45) is 0 Å². The summed E-state index contributed by atoms with van der Waals surface area (Å²) < 4.78 is 0.985. The van der Waals surface area contributed by atoms with Gasteiger partial charge in [0.1, 0.15) is 0 Å². The summed E-state index contributed by atoms with van der Waals surface area (Å²) in [5.41, 5.74) is 2.13. The van der Waals surface area contributed by atoms with Gasteiger partial charge in [0, 0.05) is 27.8 Å². The van der Waals surface area contributed by atoms with Crippen LogP contribution in [0.15, 0.2) is 48.5 Å². The van der Waals surface area contributed by atoms with E-state index in [0.717, 1.165) is 27.9 Å². The van der Waals surface area contributed by atoms with E-state index >= 15 is 0 Å². The average molecular weight is 406 g/mol. The number of hydrogen-bond donors (Lipinski definition) is 1. The van der Waals surface area contributed by atoms with Gasteiger partial charge in [-0.25, -0.2) is 0 Å². The van der Waals surface area contributed by atoms with Gasteiger partial charge in [-0.3, -0.25) is 9.59 Å². The molecule has 2 amide bonds. The molecule has 0 bridgehead atoms. The first-order valence-electron chi connectivity index (χ1n) is 7.11. The highest BCUT2D eigenvalue weighted by Gasteiger charge is 2.22. The van der Waals surface area contributed by atoms with Crippen LogP contribution < -0.4 is 10.2 Å². The molecule has 3 rings (SSSR count). The Kier molecular flexibility index (Phi) is 4.42. The fraction of sp³-hybridized carbons (Fsp3) is 0.176. The third-order valence-electron chi connectivity index (χ3n) is 3.62. The standard InChI is InChI=1S/C17H15IN2O2/c18-14-7-1-2-8-15(14)19-17(22)12-5-3-6-13(11-12)20-10-4-9-16(20)21/h1-3,5-8,11H,4,9-10H2,(H,19,22). The highest BCUT2D eigenvalue weighted by molar-refractivity contribution is 14.1. The summed E-state index contributed by atoms with van der Waals surface area (Å²) in [6.07, 6.45) is 1.45. The van der Waals surface area contributed by atoms with E-state index in [9.17, 15) is 9.59 Å². The number of carbonyl (C=O) groups excluding carboxylic acids is 2. The molecule has 0 spiro atoms. The molecule has 4 nitrogen and oxygen atoms in total. The first-order chi connectivity index (χ1) is 10.6. The molecule has 2 aromatic rings. The SMILES string of the molecule is O=C(Nc1ccccc1I)c1cccc(N2CCCC2=O)c1. The monoisotopic (exact) mass is 406 g/mol. The van der Waals surface area contributed by atoms with E-state index in [-0.39, 0.29) is 11.8 Å². The normalized spacial score (nSPS) is 14.2. The van der Waals surface area contributed by atoms with Gasteiger partial charge in [-0.15, -0.1) is 0 Å². The maximum atomic E-state index is 12.4. The fourth-order valence-corrected chi connectivity index (χ4v) is 3.02. The number of anilines is 2. The van der Waals surface area contributed by atoms with Gasteiger partial charge >= 0.3 is 0 Å². The van der Waals surface area contributed by atoms with E-state index < -0.39 is 0 Å². The van der Waals surface area contributed by atoms with E-state index in [1.807, 2.05) is 36.4 Å². The number of nitrogens with zero attached hydrogens (tertiary/aromatic N) is 1. The highest BCUT2D eigenvalue weighted by Crippen LogP contribution is 2.23. The van der Waals surface area contributed by atoms with Crippen molar-refractivity contribution in [3.05, 3.63) is 57.7 Å². The summed E-state index contributed by atoms with van der Waals surface area (Å²) in [4.78, 5) is 26.0. The third-order valence-corrected chi connectivity index (χ3v) is 4.56. The summed E-state index contributed by atoms with van der Waals surface area (Å²) in [5, 5.41) is 2.91. The van der Waals surface area contributed by atoms with Crippen LogP contribution in [0.25, 0.3) is 0 Å². The van der Waals surface area contributed by atoms with Crippen LogP contribution in [0.1, 0.15) is 23.2 Å². The Balaban J connectivity index is 1.81. The number of benzene rings is 2. The van der Waals surface area contributed by atoms with E-state index in [2.05, 4.69) is 27.9 Å². The predicted molar refractivity (Wildman–Crippen MR) is 95.1 cm³/mol. The lowest BCUT2D eigenvalue weighted by Gasteiger charge is -2.16. The molecule has 0 aromatic heterocycles. The summed E-state index contributed by atoms with van der Waals surface area (Å²) in [7, 11) is 0. The van der Waals surface area contributed by atoms with Crippen LogP contribution in [-0.2, 0) is 4.79 Å². The molecule has 1 fully saturated rings. The van der Waals surface area contributed by atoms with Crippen LogP contribution in [0, 0.1) is 3.57 Å². The zero-order chi connectivity index (χ0) is 15.5. The molecule has 2 aromatic carbocycles. The molecule has 0 saturated carbocycles. The highest BCUT2D eigenvalue weighted by atomic mass is 127. The van der Waals surface area contributed by atoms with Crippen LogP contribution in [0.4, 0.5) is 11.4 Å². The molecule has 0 aliphatic carbocycles. The molecule has 1 heterocycles. The van der Waals surface area contributed by atoms with Crippen molar-refractivity contribution in [2.45, 2.75) is 12.8 Å². The largest absolute Gasteiger partial charge is 0.321 e. The van der Waals surface area contributed by atoms with Crippen molar-refractivity contribution in [2.75, 3.05) is 16.8 Å². The Hall–Kier alpha value is -1.89. The Morgan fingerprint density at radius 2 is 1.95 bits per heavy atom. The number of nitrogens with one attached hydrogen (secondary N) is 1. The fourth-order valence-electron chi connectivity index (χ4n) is 2.49. The Morgan fingerprint density at radius 1 is 1.14 bits per heavy atom. The topological polar surface area (TPSA) is 49.4 Å². The average Bonchev–Trinajstić information content (AvgIpc) is 2.96. The lowest BCUT2D eigenvalue weighted by molar-refractivity contribution is -0.117. The lowest BCUT2D eigenvalue weighted by Crippen LogP contribution is -2.24. The molecule has 1 aliphatic rings. The number of para-hydroxylation sites is 1. The molecule has 0 atom stereocenters. The minimum Gasteiger partial charge on any atom is -0.321 e. The Labute approximate surface area is 142 Å². The van der Waals surface area contributed by atoms with Gasteiger partial charge in [0.2, 0.25) is 5.91 Å². The van der Waals surface area contributed by atoms with Crippen molar-refractivity contribution in [3.63, 3.8) is 0 Å². The molecule has 22 heavy (non-hydrogen) atoms. The van der Waals surface area contributed by atoms with Gasteiger partial charge < -0.3 is 10.2 Å². The molecule has 0 unspecified atom stereocenters. The van der Waals surface area contributed by atoms with Gasteiger partial charge in [-0.05, 0) is 59.3 Å². The van der Waals surface area contributed by atoms with Crippen LogP contribution in [0.3, 0.4) is 0 Å². The predicted octanol–water partition coefficient (Wildman–Crippen LogP) is 3.67. The van der Waals surface area contributed by atoms with Crippen molar-refractivity contribution < 1.29 is 9.59 Å². The van der Waals surface area contributed by atoms with E-state index in [1.54, 1.807) is 17.0 Å². The zero-order valence-corrected chi connectivity index (χ0v) is 14.0. The lowest BCUT2D eigenvalue weighted by atomic mass is 10.1. The maximum Gasteiger partial charge on any atom is 0.255 e. The van der Waals surface area contributed by atoms with Gasteiger partial charge in [0.25, 0.3) is 5.91 Å². The number of rotatable bonds is 3. The minimum absolute atomic E-state index is 0.121. The zero-order valence-electron chi connectivity index (χ0n) is 11.9. The van der Waals surface area contributed by atoms with E-state index in [4.69, 9.17) is 0 Å². The molecular formula is C17H15IN2O2. The molecule has 0 radical (unpaired) electrons. The number of hydrogen-bond acceptors (Lipinski definition) is 2. The van der Waals surface area contributed by atoms with Crippen LogP contribution in [-0.4, -0.2) is 18.4 Å². The quantitative estimate of drug-likeness (QED) is 0.791. The van der Waals surface area contributed by atoms with Crippen molar-refractivity contribution in [1.29, 1.82) is 0 Å². The van der Waals surface area contributed by atoms with Gasteiger partial charge in [0.15, 0.2) is 0 Å². The van der Waals surface area contributed by atoms with Gasteiger partial charge in [0.05, 0.1) is 5.69 Å². The molecule has 1 saturated heterocycles. The smallest absolute Gasteiger partial charge is 0.255 e. The summed E-state index contributed by atoms with van der Waals surface area (Å²) in [5.74, 6) is -0.0484. The van der Waals surface area contributed by atoms with Gasteiger partial charge in [-0.2, -0.15) is 0 Å². The molecular weight excluding hydrogens is 391 g/mol. The second-order valence-electron chi connectivity index (χ2n) is 5.13. The minimum atomic E-state index is -0.169. The summed E-state index contributed by atoms with van der Waals surface area (Å²) in [6.45, 7) is 0.723. The number of amides is 2. The molecule has 5 heteroatoms. The first kappa shape index (κ1) is 15.0. The van der Waals surface area contributed by atoms with E-state index in [1.165, 1.54) is 0 Å². The van der Waals surface area contributed by atoms with Crippen molar-refractivity contribution >= 4 is 45.8 Å². The van der Waals surface area contributed by atoms with Crippen LogP contribution in [0.2, 0.25) is 0 Å². The third kappa shape index (κ3) is 3.14. The van der Waals surface area contributed by atoms with Crippen molar-refractivity contribution in [1.82, 2.24) is 0 Å². The van der Waals surface area contributed by atoms with Crippen LogP contribution in [0.5, 0.6) is 0 Å². The number of halogens is 1. The second-order valence-corrected chi connectivity index (χ2v) is 6.30. The molecule has 1 N–H and O–H groups in total. The van der Waals surface area contributed by atoms with Gasteiger partial charge in [-0.1, -0.05) is 18.2 Å². The number of carbonyl (C=O) groups is 2. The summed E-state index contributed by atoms with van der Waals surface area (Å²) >= 11 is 2.19. The molecule has 1 aliphatic heterocycles. The summed E-state index contributed by atoms with van der Waals surface area (Å²) in [6, 6.07) is 14.8.